The number of fused-ring (bicyclic) bond motifs is 1. The molecular formula is C14H21N3O. The number of hydrogen-bond acceptors (Lipinski definition) is 4. The van der Waals surface area contributed by atoms with Gasteiger partial charge in [0.05, 0.1) is 6.54 Å². The molecule has 98 valence electrons. The molecule has 0 atom stereocenters. The Kier molecular flexibility index (Phi) is 3.87. The van der Waals surface area contributed by atoms with Crippen LogP contribution in [-0.4, -0.2) is 23.0 Å². The highest BCUT2D eigenvalue weighted by Gasteiger charge is 2.11. The van der Waals surface area contributed by atoms with E-state index in [4.69, 9.17) is 10.2 Å². The Morgan fingerprint density at radius 1 is 1.39 bits per heavy atom. The molecule has 1 aromatic heterocycles. The Labute approximate surface area is 108 Å². The first-order chi connectivity index (χ1) is 8.58. The van der Waals surface area contributed by atoms with Crippen molar-refractivity contribution in [2.75, 3.05) is 18.8 Å². The van der Waals surface area contributed by atoms with Crippen LogP contribution in [0.4, 0.5) is 5.69 Å². The zero-order valence-electron chi connectivity index (χ0n) is 11.3. The van der Waals surface area contributed by atoms with Crippen LogP contribution in [0.3, 0.4) is 0 Å². The van der Waals surface area contributed by atoms with Gasteiger partial charge in [-0.05, 0) is 24.6 Å². The summed E-state index contributed by atoms with van der Waals surface area (Å²) in [7, 11) is 0. The second-order valence-corrected chi connectivity index (χ2v) is 5.06. The SMILES string of the molecule is CCN(Cc1nc2ccc(N)cc2o1)CC(C)C. The molecule has 18 heavy (non-hydrogen) atoms. The van der Waals surface area contributed by atoms with Crippen LogP contribution in [0.5, 0.6) is 0 Å². The fourth-order valence-corrected chi connectivity index (χ4v) is 2.07. The predicted molar refractivity (Wildman–Crippen MR) is 74.2 cm³/mol. The van der Waals surface area contributed by atoms with Crippen molar-refractivity contribution in [1.82, 2.24) is 9.88 Å². The van der Waals surface area contributed by atoms with Crippen molar-refractivity contribution in [3.8, 4) is 0 Å². The molecule has 0 amide bonds. The maximum absolute atomic E-state index is 5.73. The zero-order chi connectivity index (χ0) is 13.1. The topological polar surface area (TPSA) is 55.3 Å². The minimum atomic E-state index is 0.643. The summed E-state index contributed by atoms with van der Waals surface area (Å²) in [6, 6.07) is 5.57. The molecule has 0 saturated heterocycles. The maximum atomic E-state index is 5.73. The average molecular weight is 247 g/mol. The van der Waals surface area contributed by atoms with Gasteiger partial charge in [-0.2, -0.15) is 0 Å². The monoisotopic (exact) mass is 247 g/mol. The van der Waals surface area contributed by atoms with Crippen LogP contribution in [0.1, 0.15) is 26.7 Å². The first kappa shape index (κ1) is 12.9. The lowest BCUT2D eigenvalue weighted by atomic mass is 10.2. The molecule has 2 aromatic rings. The number of rotatable bonds is 5. The third-order valence-corrected chi connectivity index (χ3v) is 2.89. The van der Waals surface area contributed by atoms with Gasteiger partial charge in [0.2, 0.25) is 5.89 Å². The second kappa shape index (κ2) is 5.40. The lowest BCUT2D eigenvalue weighted by Gasteiger charge is -2.20. The highest BCUT2D eigenvalue weighted by Crippen LogP contribution is 2.19. The van der Waals surface area contributed by atoms with Gasteiger partial charge >= 0.3 is 0 Å². The van der Waals surface area contributed by atoms with Gasteiger partial charge < -0.3 is 10.2 Å². The van der Waals surface area contributed by atoms with Crippen molar-refractivity contribution in [3.63, 3.8) is 0 Å². The number of nitrogens with zero attached hydrogens (tertiary/aromatic N) is 2. The Balaban J connectivity index is 2.15. The largest absolute Gasteiger partial charge is 0.439 e. The second-order valence-electron chi connectivity index (χ2n) is 5.06. The molecule has 0 aliphatic heterocycles. The van der Waals surface area contributed by atoms with Gasteiger partial charge in [0, 0.05) is 18.3 Å². The number of benzene rings is 1. The smallest absolute Gasteiger partial charge is 0.209 e. The van der Waals surface area contributed by atoms with E-state index in [0.29, 0.717) is 11.6 Å². The van der Waals surface area contributed by atoms with E-state index in [1.807, 2.05) is 18.2 Å². The lowest BCUT2D eigenvalue weighted by Crippen LogP contribution is -2.27. The lowest BCUT2D eigenvalue weighted by molar-refractivity contribution is 0.227. The highest BCUT2D eigenvalue weighted by atomic mass is 16.3. The molecule has 0 saturated carbocycles. The fraction of sp³-hybridized carbons (Fsp3) is 0.500. The first-order valence-corrected chi connectivity index (χ1v) is 6.45. The number of nitrogen functional groups attached to an aromatic ring is 1. The van der Waals surface area contributed by atoms with Crippen LogP contribution in [0.15, 0.2) is 22.6 Å². The fourth-order valence-electron chi connectivity index (χ4n) is 2.07. The summed E-state index contributed by atoms with van der Waals surface area (Å²) in [5.41, 5.74) is 8.08. The summed E-state index contributed by atoms with van der Waals surface area (Å²) < 4.78 is 5.73. The molecule has 0 radical (unpaired) electrons. The van der Waals surface area contributed by atoms with E-state index in [-0.39, 0.29) is 0 Å². The molecule has 1 aromatic carbocycles. The molecule has 4 heteroatoms. The van der Waals surface area contributed by atoms with Gasteiger partial charge in [-0.15, -0.1) is 0 Å². The van der Waals surface area contributed by atoms with Gasteiger partial charge in [-0.3, -0.25) is 4.90 Å². The van der Waals surface area contributed by atoms with Gasteiger partial charge in [-0.1, -0.05) is 20.8 Å². The number of hydrogen-bond donors (Lipinski definition) is 1. The molecule has 0 fully saturated rings. The summed E-state index contributed by atoms with van der Waals surface area (Å²) in [5, 5.41) is 0. The van der Waals surface area contributed by atoms with Crippen LogP contribution in [0, 0.1) is 5.92 Å². The van der Waals surface area contributed by atoms with Crippen molar-refractivity contribution >= 4 is 16.8 Å². The summed E-state index contributed by atoms with van der Waals surface area (Å²) in [6.07, 6.45) is 0. The van der Waals surface area contributed by atoms with Crippen LogP contribution in [0.25, 0.3) is 11.1 Å². The van der Waals surface area contributed by atoms with Crippen LogP contribution >= 0.6 is 0 Å². The minimum Gasteiger partial charge on any atom is -0.439 e. The van der Waals surface area contributed by atoms with Crippen molar-refractivity contribution in [2.24, 2.45) is 5.92 Å². The van der Waals surface area contributed by atoms with Gasteiger partial charge in [0.1, 0.15) is 5.52 Å². The van der Waals surface area contributed by atoms with E-state index in [1.165, 1.54) is 0 Å². The Morgan fingerprint density at radius 2 is 2.17 bits per heavy atom. The van der Waals surface area contributed by atoms with Gasteiger partial charge in [-0.25, -0.2) is 4.98 Å². The summed E-state index contributed by atoms with van der Waals surface area (Å²) in [5.74, 6) is 1.41. The van der Waals surface area contributed by atoms with Crippen LogP contribution < -0.4 is 5.73 Å². The molecule has 0 bridgehead atoms. The van der Waals surface area contributed by atoms with Crippen LogP contribution in [-0.2, 0) is 6.54 Å². The number of nitrogens with two attached hydrogens (primary N) is 1. The number of anilines is 1. The average Bonchev–Trinajstić information content (AvgIpc) is 2.68. The number of aromatic nitrogens is 1. The standard InChI is InChI=1S/C14H21N3O/c1-4-17(8-10(2)3)9-14-16-12-6-5-11(15)7-13(12)18-14/h5-7,10H,4,8-9,15H2,1-3H3. The first-order valence-electron chi connectivity index (χ1n) is 6.45. The quantitative estimate of drug-likeness (QED) is 0.825. The van der Waals surface area contributed by atoms with E-state index < -0.39 is 0 Å². The molecule has 0 aliphatic carbocycles. The minimum absolute atomic E-state index is 0.643. The van der Waals surface area contributed by atoms with Crippen molar-refractivity contribution in [1.29, 1.82) is 0 Å². The van der Waals surface area contributed by atoms with E-state index in [0.717, 1.165) is 36.6 Å². The number of oxazole rings is 1. The van der Waals surface area contributed by atoms with Gasteiger partial charge in [0.15, 0.2) is 5.58 Å². The molecule has 2 rings (SSSR count). The molecule has 0 spiro atoms. The Morgan fingerprint density at radius 3 is 2.83 bits per heavy atom. The summed E-state index contributed by atoms with van der Waals surface area (Å²) in [6.45, 7) is 9.40. The molecule has 4 nitrogen and oxygen atoms in total. The van der Waals surface area contributed by atoms with Crippen molar-refractivity contribution < 1.29 is 4.42 Å². The normalized spacial score (nSPS) is 11.8. The molecule has 1 heterocycles. The van der Waals surface area contributed by atoms with E-state index in [2.05, 4.69) is 30.7 Å². The van der Waals surface area contributed by atoms with Crippen LogP contribution in [0.2, 0.25) is 0 Å². The zero-order valence-corrected chi connectivity index (χ0v) is 11.3. The predicted octanol–water partition coefficient (Wildman–Crippen LogP) is 2.89. The maximum Gasteiger partial charge on any atom is 0.209 e. The van der Waals surface area contributed by atoms with Crippen molar-refractivity contribution in [2.45, 2.75) is 27.3 Å². The van der Waals surface area contributed by atoms with E-state index >= 15 is 0 Å². The Hall–Kier alpha value is -1.55. The molecular weight excluding hydrogens is 226 g/mol. The van der Waals surface area contributed by atoms with E-state index in [1.54, 1.807) is 0 Å². The highest BCUT2D eigenvalue weighted by molar-refractivity contribution is 5.76. The summed E-state index contributed by atoms with van der Waals surface area (Å²) in [4.78, 5) is 6.82. The molecule has 0 unspecified atom stereocenters. The Bertz CT molecular complexity index is 519. The third-order valence-electron chi connectivity index (χ3n) is 2.89. The van der Waals surface area contributed by atoms with Crippen molar-refractivity contribution in [3.05, 3.63) is 24.1 Å². The molecule has 0 aliphatic rings. The van der Waals surface area contributed by atoms with Gasteiger partial charge in [0.25, 0.3) is 0 Å². The summed E-state index contributed by atoms with van der Waals surface area (Å²) >= 11 is 0. The van der Waals surface area contributed by atoms with E-state index in [9.17, 15) is 0 Å². The third kappa shape index (κ3) is 3.01. The molecule has 2 N–H and O–H groups in total.